The van der Waals surface area contributed by atoms with Gasteiger partial charge in [-0.05, 0) is 46.5 Å². The molecule has 1 unspecified atom stereocenters. The third-order valence-corrected chi connectivity index (χ3v) is 4.42. The molecule has 1 radical (unpaired) electrons. The van der Waals surface area contributed by atoms with E-state index in [1.807, 2.05) is 13.8 Å². The Hall–Kier alpha value is -1.87. The summed E-state index contributed by atoms with van der Waals surface area (Å²) in [4.78, 5) is 36.2. The molecule has 9 heteroatoms. The molecule has 3 N–H and O–H groups in total. The van der Waals surface area contributed by atoms with E-state index in [4.69, 9.17) is 9.84 Å². The van der Waals surface area contributed by atoms with Gasteiger partial charge in [0, 0.05) is 19.1 Å². The van der Waals surface area contributed by atoms with E-state index in [9.17, 15) is 14.4 Å². The van der Waals surface area contributed by atoms with Crippen LogP contribution in [0.4, 0.5) is 4.79 Å². The number of carboxylic acids is 1. The van der Waals surface area contributed by atoms with Gasteiger partial charge in [0.15, 0.2) is 0 Å². The van der Waals surface area contributed by atoms with Crippen LogP contribution >= 0.6 is 0 Å². The van der Waals surface area contributed by atoms with Gasteiger partial charge in [0.05, 0.1) is 0 Å². The average Bonchev–Trinajstić information content (AvgIpc) is 2.50. The first kappa shape index (κ1) is 23.2. The zero-order chi connectivity index (χ0) is 21.0. The second-order valence-corrected chi connectivity index (χ2v) is 8.66. The smallest absolute Gasteiger partial charge is 0.425 e. The number of hydrogen-bond donors (Lipinski definition) is 3. The maximum Gasteiger partial charge on any atom is 0.425 e. The quantitative estimate of drug-likeness (QED) is 0.589. The fourth-order valence-corrected chi connectivity index (χ4v) is 2.64. The lowest BCUT2D eigenvalue weighted by Crippen LogP contribution is -2.63. The van der Waals surface area contributed by atoms with Crippen molar-refractivity contribution >= 4 is 18.0 Å². The number of carbonyl (C=O) groups excluding carboxylic acids is 2. The van der Waals surface area contributed by atoms with E-state index >= 15 is 0 Å². The molecule has 0 spiro atoms. The maximum atomic E-state index is 12.7. The summed E-state index contributed by atoms with van der Waals surface area (Å²) in [6, 6.07) is -2.11. The van der Waals surface area contributed by atoms with Crippen LogP contribution in [0.2, 0.25) is 0 Å². The summed E-state index contributed by atoms with van der Waals surface area (Å²) in [5.74, 6) is -1.73. The second kappa shape index (κ2) is 8.88. The Bertz CT molecular complexity index is 558. The highest BCUT2D eigenvalue weighted by molar-refractivity contribution is 5.88. The molecule has 1 heterocycles. The number of aliphatic carboxylic acids is 1. The first-order valence-electron chi connectivity index (χ1n) is 9.19. The molecular formula is C18H33N4O5. The van der Waals surface area contributed by atoms with Gasteiger partial charge < -0.3 is 15.2 Å². The van der Waals surface area contributed by atoms with Crippen molar-refractivity contribution in [1.82, 2.24) is 21.1 Å². The fourth-order valence-electron chi connectivity index (χ4n) is 2.64. The van der Waals surface area contributed by atoms with Crippen molar-refractivity contribution in [2.75, 3.05) is 13.1 Å². The van der Waals surface area contributed by atoms with Crippen LogP contribution in [-0.2, 0) is 14.3 Å². The molecule has 1 fully saturated rings. The minimum absolute atomic E-state index is 0.0883. The Morgan fingerprint density at radius 2 is 1.85 bits per heavy atom. The Balaban J connectivity index is 3.00. The van der Waals surface area contributed by atoms with Crippen molar-refractivity contribution in [1.29, 1.82) is 0 Å². The summed E-state index contributed by atoms with van der Waals surface area (Å²) >= 11 is 0. The van der Waals surface area contributed by atoms with E-state index in [2.05, 4.69) is 16.1 Å². The summed E-state index contributed by atoms with van der Waals surface area (Å²) in [7, 11) is 0. The fraction of sp³-hybridized carbons (Fsp3) is 0.833. The van der Waals surface area contributed by atoms with Gasteiger partial charge in [0.1, 0.15) is 17.7 Å². The molecule has 0 aromatic carbocycles. The predicted octanol–water partition coefficient (Wildman–Crippen LogP) is 1.11. The summed E-state index contributed by atoms with van der Waals surface area (Å²) in [6.45, 7) is 13.5. The van der Waals surface area contributed by atoms with Crippen LogP contribution in [-0.4, -0.2) is 64.9 Å². The Morgan fingerprint density at radius 1 is 1.26 bits per heavy atom. The van der Waals surface area contributed by atoms with Gasteiger partial charge in [-0.15, -0.1) is 0 Å². The predicted molar refractivity (Wildman–Crippen MR) is 100.0 cm³/mol. The van der Waals surface area contributed by atoms with Gasteiger partial charge in [0.2, 0.25) is 5.91 Å². The van der Waals surface area contributed by atoms with Crippen LogP contribution in [0, 0.1) is 5.41 Å². The van der Waals surface area contributed by atoms with E-state index < -0.39 is 35.7 Å². The van der Waals surface area contributed by atoms with Crippen LogP contribution in [0.1, 0.15) is 54.9 Å². The monoisotopic (exact) mass is 385 g/mol. The molecule has 1 saturated heterocycles. The van der Waals surface area contributed by atoms with Gasteiger partial charge in [-0.1, -0.05) is 13.8 Å². The molecule has 9 nitrogen and oxygen atoms in total. The molecule has 3 atom stereocenters. The first-order chi connectivity index (χ1) is 12.2. The van der Waals surface area contributed by atoms with Crippen LogP contribution in [0.25, 0.3) is 0 Å². The van der Waals surface area contributed by atoms with Gasteiger partial charge in [-0.25, -0.2) is 20.5 Å². The zero-order valence-corrected chi connectivity index (χ0v) is 17.3. The van der Waals surface area contributed by atoms with Gasteiger partial charge >= 0.3 is 12.1 Å². The van der Waals surface area contributed by atoms with E-state index in [0.29, 0.717) is 19.5 Å². The molecule has 0 aromatic rings. The van der Waals surface area contributed by atoms with Crippen LogP contribution in [0.3, 0.4) is 0 Å². The number of carboxylic acid groups (broad SMARTS) is 1. The third-order valence-electron chi connectivity index (χ3n) is 4.42. The van der Waals surface area contributed by atoms with E-state index in [0.717, 1.165) is 5.01 Å². The topological polar surface area (TPSA) is 122 Å². The minimum Gasteiger partial charge on any atom is -0.480 e. The first-order valence-corrected chi connectivity index (χ1v) is 9.19. The van der Waals surface area contributed by atoms with Crippen molar-refractivity contribution in [2.24, 2.45) is 5.41 Å². The summed E-state index contributed by atoms with van der Waals surface area (Å²) in [5, 5.41) is 17.0. The summed E-state index contributed by atoms with van der Waals surface area (Å²) < 4.78 is 5.44. The number of amides is 2. The Labute approximate surface area is 161 Å². The van der Waals surface area contributed by atoms with Crippen molar-refractivity contribution in [3.8, 4) is 0 Å². The van der Waals surface area contributed by atoms with Crippen LogP contribution in [0.15, 0.2) is 0 Å². The Kier molecular flexibility index (Phi) is 7.62. The minimum atomic E-state index is -1.15. The largest absolute Gasteiger partial charge is 0.480 e. The molecule has 1 aliphatic rings. The van der Waals surface area contributed by atoms with E-state index in [1.54, 1.807) is 20.8 Å². The normalized spacial score (nSPS) is 21.7. The number of carbonyl (C=O) groups is 3. The molecule has 27 heavy (non-hydrogen) atoms. The van der Waals surface area contributed by atoms with Crippen molar-refractivity contribution in [3.05, 3.63) is 0 Å². The lowest BCUT2D eigenvalue weighted by molar-refractivity contribution is -0.142. The molecular weight excluding hydrogens is 352 g/mol. The van der Waals surface area contributed by atoms with Crippen LogP contribution in [0.5, 0.6) is 0 Å². The molecule has 155 valence electrons. The highest BCUT2D eigenvalue weighted by Crippen LogP contribution is 2.26. The number of hydrogen-bond acceptors (Lipinski definition) is 5. The molecule has 0 aromatic heterocycles. The standard InChI is InChI=1S/C18H33N4O5/c1-11(15(24)25)20-14(23)12(2)22(16(26)27-17(3,4)5)21-13-8-9-19-10-18(13,6)7/h11-13,21H,8-10H2,1-7H3,(H,20,23)(H,24,25)/t11-,12-,13?/m0/s1. The lowest BCUT2D eigenvalue weighted by atomic mass is 9.80. The lowest BCUT2D eigenvalue weighted by Gasteiger charge is -2.42. The molecule has 2 amide bonds. The molecule has 0 saturated carbocycles. The highest BCUT2D eigenvalue weighted by Gasteiger charge is 2.38. The van der Waals surface area contributed by atoms with Gasteiger partial charge in [0.25, 0.3) is 0 Å². The maximum absolute atomic E-state index is 12.7. The van der Waals surface area contributed by atoms with E-state index in [1.165, 1.54) is 13.8 Å². The van der Waals surface area contributed by atoms with Gasteiger partial charge in [-0.3, -0.25) is 9.59 Å². The highest BCUT2D eigenvalue weighted by atomic mass is 16.6. The number of ether oxygens (including phenoxy) is 1. The van der Waals surface area contributed by atoms with Crippen molar-refractivity contribution in [2.45, 2.75) is 78.6 Å². The van der Waals surface area contributed by atoms with Crippen molar-refractivity contribution in [3.63, 3.8) is 0 Å². The van der Waals surface area contributed by atoms with Crippen LogP contribution < -0.4 is 16.1 Å². The number of nitrogens with zero attached hydrogens (tertiary/aromatic N) is 2. The molecule has 0 aliphatic carbocycles. The third kappa shape index (κ3) is 6.99. The molecule has 1 aliphatic heterocycles. The number of rotatable bonds is 6. The van der Waals surface area contributed by atoms with Gasteiger partial charge in [-0.2, -0.15) is 0 Å². The number of nitrogens with one attached hydrogen (secondary N) is 2. The van der Waals surface area contributed by atoms with E-state index in [-0.39, 0.29) is 11.5 Å². The number of hydrazine groups is 1. The SMILES string of the molecule is C[C@H](NC(=O)[C@H](C)N(NC1CC[N]CC1(C)C)C(=O)OC(C)(C)C)C(=O)O. The average molecular weight is 385 g/mol. The molecule has 0 bridgehead atoms. The summed E-state index contributed by atoms with van der Waals surface area (Å²) in [5.41, 5.74) is 2.20. The Morgan fingerprint density at radius 3 is 2.33 bits per heavy atom. The zero-order valence-electron chi connectivity index (χ0n) is 17.3. The summed E-state index contributed by atoms with van der Waals surface area (Å²) in [6.07, 6.45) is 0.0260. The number of piperidine rings is 1. The van der Waals surface area contributed by atoms with Crippen molar-refractivity contribution < 1.29 is 24.2 Å². The second-order valence-electron chi connectivity index (χ2n) is 8.66. The molecule has 1 rings (SSSR count).